The average molecular weight is 216 g/mol. The number of pyridine rings is 1. The Morgan fingerprint density at radius 1 is 1.44 bits per heavy atom. The van der Waals surface area contributed by atoms with Crippen LogP contribution in [0.3, 0.4) is 0 Å². The normalized spacial score (nSPS) is 12.1. The zero-order chi connectivity index (χ0) is 12.0. The Balaban J connectivity index is 2.92. The van der Waals surface area contributed by atoms with Gasteiger partial charge in [0.25, 0.3) is 0 Å². The van der Waals surface area contributed by atoms with E-state index in [1.54, 1.807) is 24.4 Å². The van der Waals surface area contributed by atoms with Gasteiger partial charge in [-0.1, -0.05) is 19.9 Å². The number of rotatable bonds is 5. The molecule has 0 fully saturated rings. The van der Waals surface area contributed by atoms with Crippen molar-refractivity contribution in [3.63, 3.8) is 0 Å². The minimum atomic E-state index is -0.717. The van der Waals surface area contributed by atoms with Crippen LogP contribution in [-0.2, 0) is 4.79 Å². The first-order chi connectivity index (χ1) is 7.74. The Bertz CT molecular complexity index is 377. The average Bonchev–Trinajstić information content (AvgIpc) is 2.33. The van der Waals surface area contributed by atoms with Crippen LogP contribution in [0.15, 0.2) is 24.4 Å². The summed E-state index contributed by atoms with van der Waals surface area (Å²) >= 11 is 0. The Morgan fingerprint density at radius 2 is 2.12 bits per heavy atom. The van der Waals surface area contributed by atoms with E-state index in [2.05, 4.69) is 11.1 Å². The van der Waals surface area contributed by atoms with Gasteiger partial charge in [0.05, 0.1) is 11.8 Å². The SMILES string of the molecule is CCC(CC)C(=O)C(C#N)c1ccccn1. The summed E-state index contributed by atoms with van der Waals surface area (Å²) in [6.45, 7) is 3.94. The lowest BCUT2D eigenvalue weighted by Crippen LogP contribution is -2.21. The number of aromatic nitrogens is 1. The topological polar surface area (TPSA) is 53.8 Å². The van der Waals surface area contributed by atoms with Crippen molar-refractivity contribution in [1.82, 2.24) is 4.98 Å². The molecule has 0 aromatic carbocycles. The number of Topliss-reactive ketones (excluding diaryl/α,β-unsaturated/α-hetero) is 1. The quantitative estimate of drug-likeness (QED) is 0.760. The molecule has 3 heteroatoms. The molecule has 0 amide bonds. The number of ketones is 1. The van der Waals surface area contributed by atoms with Crippen molar-refractivity contribution in [2.45, 2.75) is 32.6 Å². The molecule has 1 heterocycles. The van der Waals surface area contributed by atoms with Gasteiger partial charge in [0.2, 0.25) is 0 Å². The maximum absolute atomic E-state index is 12.1. The Morgan fingerprint density at radius 3 is 2.56 bits per heavy atom. The number of hydrogen-bond acceptors (Lipinski definition) is 3. The van der Waals surface area contributed by atoms with E-state index in [1.165, 1.54) is 0 Å². The lowest BCUT2D eigenvalue weighted by atomic mass is 9.88. The molecule has 0 radical (unpaired) electrons. The first kappa shape index (κ1) is 12.4. The van der Waals surface area contributed by atoms with Crippen LogP contribution in [0.5, 0.6) is 0 Å². The van der Waals surface area contributed by atoms with E-state index < -0.39 is 5.92 Å². The lowest BCUT2D eigenvalue weighted by molar-refractivity contribution is -0.123. The van der Waals surface area contributed by atoms with Gasteiger partial charge in [-0.15, -0.1) is 0 Å². The van der Waals surface area contributed by atoms with Crippen molar-refractivity contribution in [3.8, 4) is 6.07 Å². The van der Waals surface area contributed by atoms with Crippen LogP contribution in [-0.4, -0.2) is 10.8 Å². The van der Waals surface area contributed by atoms with Gasteiger partial charge in [0.1, 0.15) is 5.92 Å². The van der Waals surface area contributed by atoms with Crippen LogP contribution in [0.4, 0.5) is 0 Å². The van der Waals surface area contributed by atoms with E-state index in [9.17, 15) is 4.79 Å². The van der Waals surface area contributed by atoms with Gasteiger partial charge in [-0.3, -0.25) is 9.78 Å². The molecule has 0 saturated carbocycles. The summed E-state index contributed by atoms with van der Waals surface area (Å²) < 4.78 is 0. The van der Waals surface area contributed by atoms with E-state index >= 15 is 0 Å². The first-order valence-corrected chi connectivity index (χ1v) is 5.58. The van der Waals surface area contributed by atoms with Gasteiger partial charge in [-0.2, -0.15) is 5.26 Å². The predicted octanol–water partition coefficient (Wildman–Crippen LogP) is 2.69. The lowest BCUT2D eigenvalue weighted by Gasteiger charge is -2.14. The van der Waals surface area contributed by atoms with E-state index in [1.807, 2.05) is 13.8 Å². The molecule has 0 N–H and O–H groups in total. The smallest absolute Gasteiger partial charge is 0.159 e. The van der Waals surface area contributed by atoms with Gasteiger partial charge in [0, 0.05) is 12.1 Å². The number of carbonyl (C=O) groups excluding carboxylic acids is 1. The van der Waals surface area contributed by atoms with Crippen LogP contribution in [0.25, 0.3) is 0 Å². The van der Waals surface area contributed by atoms with E-state index in [-0.39, 0.29) is 11.7 Å². The molecular weight excluding hydrogens is 200 g/mol. The predicted molar refractivity (Wildman–Crippen MR) is 61.7 cm³/mol. The second-order valence-corrected chi connectivity index (χ2v) is 3.73. The van der Waals surface area contributed by atoms with Crippen molar-refractivity contribution in [2.75, 3.05) is 0 Å². The molecule has 1 atom stereocenters. The molecule has 1 unspecified atom stereocenters. The standard InChI is InChI=1S/C13H16N2O/c1-3-10(4-2)13(16)11(9-14)12-7-5-6-8-15-12/h5-8,10-11H,3-4H2,1-2H3. The number of hydrogen-bond donors (Lipinski definition) is 0. The number of carbonyl (C=O) groups is 1. The highest BCUT2D eigenvalue weighted by Crippen LogP contribution is 2.21. The van der Waals surface area contributed by atoms with Gasteiger partial charge >= 0.3 is 0 Å². The molecule has 0 aliphatic carbocycles. The summed E-state index contributed by atoms with van der Waals surface area (Å²) in [6, 6.07) is 7.36. The van der Waals surface area contributed by atoms with Crippen molar-refractivity contribution < 1.29 is 4.79 Å². The Kier molecular flexibility index (Phi) is 4.65. The number of nitriles is 1. The molecule has 1 aromatic heterocycles. The fourth-order valence-corrected chi connectivity index (χ4v) is 1.75. The molecular formula is C13H16N2O. The molecule has 3 nitrogen and oxygen atoms in total. The molecule has 0 spiro atoms. The van der Waals surface area contributed by atoms with Crippen LogP contribution < -0.4 is 0 Å². The molecule has 1 rings (SSSR count). The second kappa shape index (κ2) is 6.02. The maximum atomic E-state index is 12.1. The maximum Gasteiger partial charge on any atom is 0.159 e. The highest BCUT2D eigenvalue weighted by molar-refractivity contribution is 5.89. The highest BCUT2D eigenvalue weighted by atomic mass is 16.1. The first-order valence-electron chi connectivity index (χ1n) is 5.58. The molecule has 0 bridgehead atoms. The molecule has 0 aliphatic rings. The minimum absolute atomic E-state index is 0.00815. The summed E-state index contributed by atoms with van der Waals surface area (Å²) in [5, 5.41) is 9.08. The van der Waals surface area contributed by atoms with Crippen LogP contribution >= 0.6 is 0 Å². The zero-order valence-electron chi connectivity index (χ0n) is 9.68. The van der Waals surface area contributed by atoms with Gasteiger partial charge in [0.15, 0.2) is 5.78 Å². The fraction of sp³-hybridized carbons (Fsp3) is 0.462. The summed E-state index contributed by atoms with van der Waals surface area (Å²) in [5.41, 5.74) is 0.557. The van der Waals surface area contributed by atoms with E-state index in [0.29, 0.717) is 5.69 Å². The molecule has 1 aromatic rings. The minimum Gasteiger partial charge on any atom is -0.297 e. The number of nitrogens with zero attached hydrogens (tertiary/aromatic N) is 2. The molecule has 84 valence electrons. The van der Waals surface area contributed by atoms with Gasteiger partial charge in [-0.25, -0.2) is 0 Å². The van der Waals surface area contributed by atoms with Gasteiger partial charge < -0.3 is 0 Å². The van der Waals surface area contributed by atoms with Crippen LogP contribution in [0.2, 0.25) is 0 Å². The summed E-state index contributed by atoms with van der Waals surface area (Å²) in [7, 11) is 0. The zero-order valence-corrected chi connectivity index (χ0v) is 9.68. The summed E-state index contributed by atoms with van der Waals surface area (Å²) in [6.07, 6.45) is 3.17. The van der Waals surface area contributed by atoms with E-state index in [4.69, 9.17) is 5.26 Å². The Hall–Kier alpha value is -1.69. The van der Waals surface area contributed by atoms with Crippen molar-refractivity contribution in [3.05, 3.63) is 30.1 Å². The van der Waals surface area contributed by atoms with Crippen molar-refractivity contribution >= 4 is 5.78 Å². The van der Waals surface area contributed by atoms with Crippen molar-refractivity contribution in [2.24, 2.45) is 5.92 Å². The third-order valence-electron chi connectivity index (χ3n) is 2.79. The summed E-state index contributed by atoms with van der Waals surface area (Å²) in [5.74, 6) is -0.760. The van der Waals surface area contributed by atoms with Crippen molar-refractivity contribution in [1.29, 1.82) is 5.26 Å². The van der Waals surface area contributed by atoms with Gasteiger partial charge in [-0.05, 0) is 25.0 Å². The molecule has 0 aliphatic heterocycles. The highest BCUT2D eigenvalue weighted by Gasteiger charge is 2.26. The van der Waals surface area contributed by atoms with Crippen LogP contribution in [0.1, 0.15) is 38.3 Å². The molecule has 16 heavy (non-hydrogen) atoms. The second-order valence-electron chi connectivity index (χ2n) is 3.73. The summed E-state index contributed by atoms with van der Waals surface area (Å²) in [4.78, 5) is 16.2. The van der Waals surface area contributed by atoms with E-state index in [0.717, 1.165) is 12.8 Å². The molecule has 0 saturated heterocycles. The third-order valence-corrected chi connectivity index (χ3v) is 2.79. The largest absolute Gasteiger partial charge is 0.297 e. The van der Waals surface area contributed by atoms with Crippen LogP contribution in [0, 0.1) is 17.2 Å². The Labute approximate surface area is 96.1 Å². The fourth-order valence-electron chi connectivity index (χ4n) is 1.75. The monoisotopic (exact) mass is 216 g/mol. The third kappa shape index (κ3) is 2.66.